The molecular formula is C19H32. The monoisotopic (exact) mass is 260 g/mol. The Morgan fingerprint density at radius 2 is 1.26 bits per heavy atom. The van der Waals surface area contributed by atoms with Gasteiger partial charge in [-0.25, -0.2) is 0 Å². The highest BCUT2D eigenvalue weighted by Crippen LogP contribution is 2.34. The van der Waals surface area contributed by atoms with E-state index in [9.17, 15) is 0 Å². The van der Waals surface area contributed by atoms with Crippen LogP contribution in [0.5, 0.6) is 0 Å². The summed E-state index contributed by atoms with van der Waals surface area (Å²) in [6.07, 6.45) is 5.17. The van der Waals surface area contributed by atoms with E-state index in [1.54, 1.807) is 5.56 Å². The second-order valence-corrected chi connectivity index (χ2v) is 7.79. The zero-order valence-electron chi connectivity index (χ0n) is 14.1. The van der Waals surface area contributed by atoms with Gasteiger partial charge in [0.1, 0.15) is 0 Å². The van der Waals surface area contributed by atoms with E-state index in [1.165, 1.54) is 36.8 Å². The number of unbranched alkanes of at least 4 members (excludes halogenated alkanes) is 2. The normalized spacial score (nSPS) is 12.8. The summed E-state index contributed by atoms with van der Waals surface area (Å²) in [5.74, 6) is 0. The predicted molar refractivity (Wildman–Crippen MR) is 87.1 cm³/mol. The highest BCUT2D eigenvalue weighted by molar-refractivity contribution is 5.42. The van der Waals surface area contributed by atoms with Crippen LogP contribution in [0.25, 0.3) is 0 Å². The van der Waals surface area contributed by atoms with E-state index in [2.05, 4.69) is 66.7 Å². The van der Waals surface area contributed by atoms with Crippen LogP contribution in [-0.2, 0) is 17.3 Å². The fourth-order valence-electron chi connectivity index (χ4n) is 2.81. The quantitative estimate of drug-likeness (QED) is 0.581. The zero-order valence-corrected chi connectivity index (χ0v) is 14.1. The van der Waals surface area contributed by atoms with Crippen LogP contribution < -0.4 is 0 Å². The Bertz CT molecular complexity index is 367. The van der Waals surface area contributed by atoms with Crippen molar-refractivity contribution in [2.45, 2.75) is 85.0 Å². The largest absolute Gasteiger partial charge is 0.0654 e. The summed E-state index contributed by atoms with van der Waals surface area (Å²) in [4.78, 5) is 0. The van der Waals surface area contributed by atoms with Crippen LogP contribution in [-0.4, -0.2) is 0 Å². The van der Waals surface area contributed by atoms with Gasteiger partial charge < -0.3 is 0 Å². The van der Waals surface area contributed by atoms with Crippen molar-refractivity contribution < 1.29 is 0 Å². The Kier molecular flexibility index (Phi) is 5.24. The number of benzene rings is 1. The van der Waals surface area contributed by atoms with Crippen molar-refractivity contribution in [1.82, 2.24) is 0 Å². The van der Waals surface area contributed by atoms with E-state index in [0.717, 1.165) is 0 Å². The van der Waals surface area contributed by atoms with Gasteiger partial charge in [0.05, 0.1) is 0 Å². The van der Waals surface area contributed by atoms with Gasteiger partial charge in [-0.3, -0.25) is 0 Å². The fourth-order valence-corrected chi connectivity index (χ4v) is 2.81. The lowest BCUT2D eigenvalue weighted by atomic mass is 9.75. The molecule has 1 aromatic rings. The van der Waals surface area contributed by atoms with E-state index in [4.69, 9.17) is 0 Å². The van der Waals surface area contributed by atoms with Gasteiger partial charge in [-0.15, -0.1) is 0 Å². The average Bonchev–Trinajstić information content (AvgIpc) is 2.26. The minimum atomic E-state index is 0.239. The zero-order chi connectivity index (χ0) is 14.7. The van der Waals surface area contributed by atoms with Crippen LogP contribution in [0.3, 0.4) is 0 Å². The van der Waals surface area contributed by atoms with E-state index in [1.807, 2.05) is 0 Å². The Balaban J connectivity index is 3.25. The number of rotatable bonds is 4. The molecule has 108 valence electrons. The van der Waals surface area contributed by atoms with Crippen molar-refractivity contribution >= 4 is 0 Å². The van der Waals surface area contributed by atoms with Gasteiger partial charge >= 0.3 is 0 Å². The maximum absolute atomic E-state index is 2.33. The topological polar surface area (TPSA) is 0 Å². The molecule has 0 saturated heterocycles. The van der Waals surface area contributed by atoms with Gasteiger partial charge in [-0.2, -0.15) is 0 Å². The standard InChI is InChI=1S/C19H32/c1-8-9-10-12-15-16(18(2,3)4)13-11-14-17(15)19(5,6)7/h11,13-14H,8-10,12H2,1-7H3. The molecule has 0 heterocycles. The lowest BCUT2D eigenvalue weighted by molar-refractivity contribution is 0.549. The summed E-state index contributed by atoms with van der Waals surface area (Å²) in [5.41, 5.74) is 5.16. The Morgan fingerprint density at radius 3 is 1.63 bits per heavy atom. The van der Waals surface area contributed by atoms with Crippen LogP contribution in [0.15, 0.2) is 18.2 Å². The van der Waals surface area contributed by atoms with Gasteiger partial charge in [0, 0.05) is 0 Å². The second kappa shape index (κ2) is 6.11. The maximum atomic E-state index is 2.33. The molecule has 0 atom stereocenters. The Hall–Kier alpha value is -0.780. The molecule has 0 aromatic heterocycles. The smallest absolute Gasteiger partial charge is 0.0129 e. The molecule has 0 unspecified atom stereocenters. The minimum Gasteiger partial charge on any atom is -0.0654 e. The van der Waals surface area contributed by atoms with Gasteiger partial charge in [-0.05, 0) is 40.4 Å². The summed E-state index contributed by atoms with van der Waals surface area (Å²) in [7, 11) is 0. The first-order chi connectivity index (χ1) is 8.68. The molecule has 0 saturated carbocycles. The first-order valence-corrected chi connectivity index (χ1v) is 7.80. The van der Waals surface area contributed by atoms with Crippen molar-refractivity contribution in [2.24, 2.45) is 0 Å². The van der Waals surface area contributed by atoms with Crippen LogP contribution in [0.4, 0.5) is 0 Å². The summed E-state index contributed by atoms with van der Waals surface area (Å²) >= 11 is 0. The molecule has 0 amide bonds. The highest BCUT2D eigenvalue weighted by Gasteiger charge is 2.24. The summed E-state index contributed by atoms with van der Waals surface area (Å²) in [5, 5.41) is 0. The summed E-state index contributed by atoms with van der Waals surface area (Å²) < 4.78 is 0. The lowest BCUT2D eigenvalue weighted by Gasteiger charge is -2.30. The third-order valence-electron chi connectivity index (χ3n) is 3.82. The van der Waals surface area contributed by atoms with Crippen molar-refractivity contribution in [3.05, 3.63) is 34.9 Å². The highest BCUT2D eigenvalue weighted by atomic mass is 14.3. The molecule has 0 heteroatoms. The molecule has 0 spiro atoms. The van der Waals surface area contributed by atoms with Gasteiger partial charge in [0.2, 0.25) is 0 Å². The predicted octanol–water partition coefficient (Wildman–Crippen LogP) is 6.01. The lowest BCUT2D eigenvalue weighted by Crippen LogP contribution is -2.21. The SMILES string of the molecule is CCCCCc1c(C(C)(C)C)cccc1C(C)(C)C. The third kappa shape index (κ3) is 4.37. The van der Waals surface area contributed by atoms with E-state index >= 15 is 0 Å². The van der Waals surface area contributed by atoms with Gasteiger partial charge in [0.15, 0.2) is 0 Å². The Labute approximate surface area is 120 Å². The molecule has 0 radical (unpaired) electrons. The second-order valence-electron chi connectivity index (χ2n) is 7.79. The molecule has 0 aliphatic rings. The molecule has 0 aliphatic heterocycles. The van der Waals surface area contributed by atoms with Crippen LogP contribution in [0.2, 0.25) is 0 Å². The van der Waals surface area contributed by atoms with Crippen LogP contribution >= 0.6 is 0 Å². The molecular weight excluding hydrogens is 228 g/mol. The molecule has 1 aromatic carbocycles. The minimum absolute atomic E-state index is 0.239. The Morgan fingerprint density at radius 1 is 0.789 bits per heavy atom. The van der Waals surface area contributed by atoms with Crippen molar-refractivity contribution in [1.29, 1.82) is 0 Å². The number of hydrogen-bond acceptors (Lipinski definition) is 0. The molecule has 0 bridgehead atoms. The molecule has 19 heavy (non-hydrogen) atoms. The van der Waals surface area contributed by atoms with E-state index < -0.39 is 0 Å². The third-order valence-corrected chi connectivity index (χ3v) is 3.82. The van der Waals surface area contributed by atoms with E-state index in [0.29, 0.717) is 0 Å². The summed E-state index contributed by atoms with van der Waals surface area (Å²) in [6, 6.07) is 6.90. The van der Waals surface area contributed by atoms with Crippen LogP contribution in [0.1, 0.15) is 84.4 Å². The molecule has 0 N–H and O–H groups in total. The average molecular weight is 260 g/mol. The first kappa shape index (κ1) is 16.3. The van der Waals surface area contributed by atoms with Gasteiger partial charge in [0.25, 0.3) is 0 Å². The summed E-state index contributed by atoms with van der Waals surface area (Å²) in [6.45, 7) is 16.3. The van der Waals surface area contributed by atoms with Crippen molar-refractivity contribution in [2.75, 3.05) is 0 Å². The van der Waals surface area contributed by atoms with Gasteiger partial charge in [-0.1, -0.05) is 79.5 Å². The van der Waals surface area contributed by atoms with Crippen molar-refractivity contribution in [3.8, 4) is 0 Å². The first-order valence-electron chi connectivity index (χ1n) is 7.80. The van der Waals surface area contributed by atoms with Crippen LogP contribution in [0, 0.1) is 0 Å². The number of hydrogen-bond donors (Lipinski definition) is 0. The molecule has 0 nitrogen and oxygen atoms in total. The van der Waals surface area contributed by atoms with E-state index in [-0.39, 0.29) is 10.8 Å². The fraction of sp³-hybridized carbons (Fsp3) is 0.684. The molecule has 1 rings (SSSR count). The van der Waals surface area contributed by atoms with Crippen molar-refractivity contribution in [3.63, 3.8) is 0 Å². The maximum Gasteiger partial charge on any atom is -0.0129 e. The molecule has 0 aliphatic carbocycles. The molecule has 0 fully saturated rings.